The lowest BCUT2D eigenvalue weighted by Crippen LogP contribution is -2.13. The SMILES string of the molecule is CSc1nccn1-c1cccc(C(=O)Nc2cccc(Cl)c2C)c1. The highest BCUT2D eigenvalue weighted by atomic mass is 35.5. The second-order valence-corrected chi connectivity index (χ2v) is 6.38. The van der Waals surface area contributed by atoms with E-state index in [2.05, 4.69) is 10.3 Å². The lowest BCUT2D eigenvalue weighted by molar-refractivity contribution is 0.102. The standard InChI is InChI=1S/C18H16ClN3OS/c1-12-15(19)7-4-8-16(12)21-17(23)13-5-3-6-14(11-13)22-10-9-20-18(22)24-2/h3-11H,1-2H3,(H,21,23). The van der Waals surface area contributed by atoms with Crippen LogP contribution < -0.4 is 5.32 Å². The number of hydrogen-bond acceptors (Lipinski definition) is 3. The number of halogens is 1. The third kappa shape index (κ3) is 3.32. The molecule has 0 radical (unpaired) electrons. The van der Waals surface area contributed by atoms with Gasteiger partial charge < -0.3 is 5.32 Å². The molecule has 0 spiro atoms. The Morgan fingerprint density at radius 2 is 2.04 bits per heavy atom. The van der Waals surface area contributed by atoms with E-state index in [1.807, 2.05) is 54.3 Å². The zero-order valence-electron chi connectivity index (χ0n) is 13.3. The van der Waals surface area contributed by atoms with Crippen LogP contribution in [0.3, 0.4) is 0 Å². The molecule has 1 N–H and O–H groups in total. The maximum Gasteiger partial charge on any atom is 0.255 e. The molecule has 1 heterocycles. The van der Waals surface area contributed by atoms with Crippen LogP contribution in [0.2, 0.25) is 5.02 Å². The Labute approximate surface area is 149 Å². The summed E-state index contributed by atoms with van der Waals surface area (Å²) in [6.07, 6.45) is 5.59. The Kier molecular flexibility index (Phi) is 4.92. The van der Waals surface area contributed by atoms with Gasteiger partial charge in [0, 0.05) is 34.4 Å². The van der Waals surface area contributed by atoms with Crippen molar-refractivity contribution in [1.82, 2.24) is 9.55 Å². The summed E-state index contributed by atoms with van der Waals surface area (Å²) in [5, 5.41) is 4.42. The van der Waals surface area contributed by atoms with E-state index >= 15 is 0 Å². The summed E-state index contributed by atoms with van der Waals surface area (Å²) in [4.78, 5) is 16.9. The number of amides is 1. The largest absolute Gasteiger partial charge is 0.322 e. The molecule has 0 atom stereocenters. The van der Waals surface area contributed by atoms with Gasteiger partial charge in [0.05, 0.1) is 0 Å². The van der Waals surface area contributed by atoms with Gasteiger partial charge in [-0.3, -0.25) is 9.36 Å². The average molecular weight is 358 g/mol. The molecule has 0 aliphatic heterocycles. The number of anilines is 1. The van der Waals surface area contributed by atoms with Crippen LogP contribution in [-0.4, -0.2) is 21.7 Å². The van der Waals surface area contributed by atoms with Crippen molar-refractivity contribution in [1.29, 1.82) is 0 Å². The van der Waals surface area contributed by atoms with E-state index in [9.17, 15) is 4.79 Å². The lowest BCUT2D eigenvalue weighted by atomic mass is 10.1. The van der Waals surface area contributed by atoms with E-state index in [1.165, 1.54) is 0 Å². The van der Waals surface area contributed by atoms with Crippen LogP contribution in [-0.2, 0) is 0 Å². The molecule has 6 heteroatoms. The van der Waals surface area contributed by atoms with E-state index in [4.69, 9.17) is 11.6 Å². The molecule has 0 aliphatic carbocycles. The van der Waals surface area contributed by atoms with Gasteiger partial charge in [-0.25, -0.2) is 4.98 Å². The summed E-state index contributed by atoms with van der Waals surface area (Å²) >= 11 is 7.66. The predicted octanol–water partition coefficient (Wildman–Crippen LogP) is 4.81. The Morgan fingerprint density at radius 3 is 2.83 bits per heavy atom. The second-order valence-electron chi connectivity index (χ2n) is 5.20. The molecule has 24 heavy (non-hydrogen) atoms. The summed E-state index contributed by atoms with van der Waals surface area (Å²) in [6, 6.07) is 12.9. The Balaban J connectivity index is 1.89. The average Bonchev–Trinajstić information content (AvgIpc) is 3.08. The van der Waals surface area contributed by atoms with E-state index in [0.717, 1.165) is 16.4 Å². The highest BCUT2D eigenvalue weighted by Gasteiger charge is 2.11. The summed E-state index contributed by atoms with van der Waals surface area (Å²) in [5.74, 6) is -0.173. The van der Waals surface area contributed by atoms with Gasteiger partial charge in [-0.2, -0.15) is 0 Å². The van der Waals surface area contributed by atoms with Crippen LogP contribution in [0, 0.1) is 6.92 Å². The molecular formula is C18H16ClN3OS. The number of carbonyl (C=O) groups is 1. The first kappa shape index (κ1) is 16.6. The fraction of sp³-hybridized carbons (Fsp3) is 0.111. The fourth-order valence-corrected chi connectivity index (χ4v) is 3.08. The first-order chi connectivity index (χ1) is 11.6. The molecule has 4 nitrogen and oxygen atoms in total. The molecule has 0 unspecified atom stereocenters. The van der Waals surface area contributed by atoms with Gasteiger partial charge in [0.1, 0.15) is 0 Å². The number of nitrogens with one attached hydrogen (secondary N) is 1. The maximum atomic E-state index is 12.6. The van der Waals surface area contributed by atoms with Crippen molar-refractivity contribution in [2.75, 3.05) is 11.6 Å². The van der Waals surface area contributed by atoms with Gasteiger partial charge in [-0.1, -0.05) is 35.5 Å². The summed E-state index contributed by atoms with van der Waals surface area (Å²) in [5.41, 5.74) is 3.04. The molecule has 1 aromatic heterocycles. The molecule has 2 aromatic carbocycles. The third-order valence-electron chi connectivity index (χ3n) is 3.69. The van der Waals surface area contributed by atoms with Crippen molar-refractivity contribution in [2.24, 2.45) is 0 Å². The summed E-state index contributed by atoms with van der Waals surface area (Å²) in [7, 11) is 0. The molecule has 0 aliphatic rings. The summed E-state index contributed by atoms with van der Waals surface area (Å²) < 4.78 is 1.95. The lowest BCUT2D eigenvalue weighted by Gasteiger charge is -2.11. The zero-order valence-corrected chi connectivity index (χ0v) is 14.9. The van der Waals surface area contributed by atoms with E-state index in [-0.39, 0.29) is 5.91 Å². The van der Waals surface area contributed by atoms with E-state index in [1.54, 1.807) is 30.1 Å². The molecule has 0 fully saturated rings. The molecule has 122 valence electrons. The molecular weight excluding hydrogens is 342 g/mol. The van der Waals surface area contributed by atoms with Gasteiger partial charge in [0.25, 0.3) is 5.91 Å². The number of benzene rings is 2. The molecule has 3 rings (SSSR count). The quantitative estimate of drug-likeness (QED) is 0.682. The van der Waals surface area contributed by atoms with Crippen molar-refractivity contribution in [3.63, 3.8) is 0 Å². The van der Waals surface area contributed by atoms with Gasteiger partial charge in [0.2, 0.25) is 0 Å². The number of thioether (sulfide) groups is 1. The van der Waals surface area contributed by atoms with Crippen molar-refractivity contribution in [3.8, 4) is 5.69 Å². The highest BCUT2D eigenvalue weighted by Crippen LogP contribution is 2.24. The predicted molar refractivity (Wildman–Crippen MR) is 99.5 cm³/mol. The topological polar surface area (TPSA) is 46.9 Å². The van der Waals surface area contributed by atoms with Crippen LogP contribution in [0.4, 0.5) is 5.69 Å². The van der Waals surface area contributed by atoms with E-state index in [0.29, 0.717) is 16.3 Å². The Hall–Kier alpha value is -2.24. The number of imidazole rings is 1. The zero-order chi connectivity index (χ0) is 17.1. The fourth-order valence-electron chi connectivity index (χ4n) is 2.37. The molecule has 0 saturated heterocycles. The first-order valence-electron chi connectivity index (χ1n) is 7.34. The van der Waals surface area contributed by atoms with E-state index < -0.39 is 0 Å². The van der Waals surface area contributed by atoms with Gasteiger partial charge >= 0.3 is 0 Å². The van der Waals surface area contributed by atoms with Crippen LogP contribution in [0.5, 0.6) is 0 Å². The highest BCUT2D eigenvalue weighted by molar-refractivity contribution is 7.98. The number of hydrogen-bond donors (Lipinski definition) is 1. The van der Waals surface area contributed by atoms with Crippen LogP contribution in [0.25, 0.3) is 5.69 Å². The van der Waals surface area contributed by atoms with Crippen molar-refractivity contribution >= 4 is 35.0 Å². The van der Waals surface area contributed by atoms with Crippen molar-refractivity contribution < 1.29 is 4.79 Å². The minimum Gasteiger partial charge on any atom is -0.322 e. The number of rotatable bonds is 4. The Bertz CT molecular complexity index is 891. The minimum absolute atomic E-state index is 0.173. The summed E-state index contributed by atoms with van der Waals surface area (Å²) in [6.45, 7) is 1.88. The van der Waals surface area contributed by atoms with Crippen molar-refractivity contribution in [3.05, 3.63) is 71.0 Å². The smallest absolute Gasteiger partial charge is 0.255 e. The molecule has 1 amide bonds. The van der Waals surface area contributed by atoms with Crippen molar-refractivity contribution in [2.45, 2.75) is 12.1 Å². The molecule has 0 saturated carbocycles. The van der Waals surface area contributed by atoms with Crippen LogP contribution >= 0.6 is 23.4 Å². The van der Waals surface area contributed by atoms with Crippen LogP contribution in [0.15, 0.2) is 60.0 Å². The minimum atomic E-state index is -0.173. The number of nitrogens with zero attached hydrogens (tertiary/aromatic N) is 2. The number of aromatic nitrogens is 2. The van der Waals surface area contributed by atoms with Gasteiger partial charge in [-0.15, -0.1) is 0 Å². The second kappa shape index (κ2) is 7.11. The molecule has 3 aromatic rings. The third-order valence-corrected chi connectivity index (χ3v) is 4.77. The number of carbonyl (C=O) groups excluding carboxylic acids is 1. The molecule has 0 bridgehead atoms. The monoisotopic (exact) mass is 357 g/mol. The maximum absolute atomic E-state index is 12.6. The van der Waals surface area contributed by atoms with Gasteiger partial charge in [-0.05, 0) is 49.1 Å². The van der Waals surface area contributed by atoms with Gasteiger partial charge in [0.15, 0.2) is 5.16 Å². The van der Waals surface area contributed by atoms with Crippen LogP contribution in [0.1, 0.15) is 15.9 Å². The Morgan fingerprint density at radius 1 is 1.25 bits per heavy atom. The first-order valence-corrected chi connectivity index (χ1v) is 8.94. The normalized spacial score (nSPS) is 10.6.